The Morgan fingerprint density at radius 1 is 1.14 bits per heavy atom. The van der Waals surface area contributed by atoms with Gasteiger partial charge in [0.2, 0.25) is 10.0 Å². The van der Waals surface area contributed by atoms with Gasteiger partial charge < -0.3 is 4.90 Å². The summed E-state index contributed by atoms with van der Waals surface area (Å²) in [4.78, 5) is 14.9. The van der Waals surface area contributed by atoms with Crippen molar-refractivity contribution in [3.63, 3.8) is 0 Å². The summed E-state index contributed by atoms with van der Waals surface area (Å²) in [5.74, 6) is 0.278. The number of carbonyl (C=O) groups excluding carboxylic acids is 1. The van der Waals surface area contributed by atoms with Gasteiger partial charge in [-0.25, -0.2) is 17.8 Å². The summed E-state index contributed by atoms with van der Waals surface area (Å²) in [6.07, 6.45) is 3.30. The molecule has 2 heterocycles. The van der Waals surface area contributed by atoms with Crippen LogP contribution in [0, 0.1) is 6.92 Å². The molecule has 1 saturated heterocycles. The van der Waals surface area contributed by atoms with Crippen LogP contribution in [0.25, 0.3) is 5.69 Å². The van der Waals surface area contributed by atoms with Crippen LogP contribution < -0.4 is 4.72 Å². The summed E-state index contributed by atoms with van der Waals surface area (Å²) in [5.41, 5.74) is 3.41. The van der Waals surface area contributed by atoms with Gasteiger partial charge in [0.15, 0.2) is 5.69 Å². The topological polar surface area (TPSA) is 97.2 Å². The van der Waals surface area contributed by atoms with Crippen LogP contribution in [-0.4, -0.2) is 59.1 Å². The third-order valence-electron chi connectivity index (χ3n) is 5.66. The smallest absolute Gasteiger partial charge is 0.276 e. The van der Waals surface area contributed by atoms with Crippen molar-refractivity contribution in [3.05, 3.63) is 41.2 Å². The Balaban J connectivity index is 1.51. The van der Waals surface area contributed by atoms with Crippen molar-refractivity contribution in [2.75, 3.05) is 18.8 Å². The molecule has 0 atom stereocenters. The first-order chi connectivity index (χ1) is 13.9. The Hall–Kier alpha value is -2.26. The van der Waals surface area contributed by atoms with Gasteiger partial charge in [-0.15, -0.1) is 5.10 Å². The molecular formula is C20H27N5O3S. The molecule has 0 bridgehead atoms. The molecule has 1 aromatic heterocycles. The van der Waals surface area contributed by atoms with Gasteiger partial charge in [-0.2, -0.15) is 0 Å². The number of piperidine rings is 1. The Labute approximate surface area is 171 Å². The molecule has 2 aliphatic rings. The van der Waals surface area contributed by atoms with Crippen LogP contribution >= 0.6 is 0 Å². The van der Waals surface area contributed by atoms with Gasteiger partial charge in [-0.1, -0.05) is 22.9 Å². The maximum Gasteiger partial charge on any atom is 0.276 e. The van der Waals surface area contributed by atoms with E-state index < -0.39 is 10.0 Å². The number of rotatable bonds is 6. The lowest BCUT2D eigenvalue weighted by molar-refractivity contribution is 0.0704. The van der Waals surface area contributed by atoms with Gasteiger partial charge in [0, 0.05) is 25.0 Å². The fourth-order valence-corrected chi connectivity index (χ4v) is 4.64. The first kappa shape index (κ1) is 20.0. The van der Waals surface area contributed by atoms with Crippen LogP contribution in [0.1, 0.15) is 60.3 Å². The lowest BCUT2D eigenvalue weighted by atomic mass is 10.1. The molecule has 2 aromatic rings. The Kier molecular flexibility index (Phi) is 5.44. The number of aryl methyl sites for hydroxylation is 1. The van der Waals surface area contributed by atoms with E-state index in [-0.39, 0.29) is 17.7 Å². The molecule has 1 saturated carbocycles. The molecule has 1 aromatic carbocycles. The van der Waals surface area contributed by atoms with Crippen molar-refractivity contribution < 1.29 is 13.2 Å². The van der Waals surface area contributed by atoms with E-state index in [1.54, 1.807) is 16.5 Å². The van der Waals surface area contributed by atoms with E-state index in [9.17, 15) is 13.2 Å². The van der Waals surface area contributed by atoms with Gasteiger partial charge in [0.05, 0.1) is 17.1 Å². The summed E-state index contributed by atoms with van der Waals surface area (Å²) in [7, 11) is -3.23. The second kappa shape index (κ2) is 7.87. The number of carbonyl (C=O) groups is 1. The normalized spacial score (nSPS) is 18.2. The average Bonchev–Trinajstić information content (AvgIpc) is 3.46. The molecule has 0 spiro atoms. The Bertz CT molecular complexity index is 988. The van der Waals surface area contributed by atoms with Crippen molar-refractivity contribution in [2.45, 2.75) is 51.5 Å². The summed E-state index contributed by atoms with van der Waals surface area (Å²) in [5, 5.41) is 8.55. The first-order valence-electron chi connectivity index (χ1n) is 10.2. The van der Waals surface area contributed by atoms with Crippen molar-refractivity contribution in [1.82, 2.24) is 24.6 Å². The van der Waals surface area contributed by atoms with Gasteiger partial charge in [0.25, 0.3) is 5.91 Å². The van der Waals surface area contributed by atoms with E-state index in [1.165, 1.54) is 5.56 Å². The summed E-state index contributed by atoms with van der Waals surface area (Å²) < 4.78 is 28.1. The molecule has 1 N–H and O–H groups in total. The minimum absolute atomic E-state index is 0.0685. The van der Waals surface area contributed by atoms with Gasteiger partial charge in [-0.3, -0.25) is 4.79 Å². The summed E-state index contributed by atoms with van der Waals surface area (Å²) >= 11 is 0. The van der Waals surface area contributed by atoms with Gasteiger partial charge in [0.1, 0.15) is 0 Å². The monoisotopic (exact) mass is 417 g/mol. The molecule has 0 radical (unpaired) electrons. The number of amides is 1. The molecule has 0 unspecified atom stereocenters. The standard InChI is InChI=1S/C20H27N5O3S/c1-3-29(27,28)22-16-10-12-24(13-11-16)20(26)18-19(15-6-7-15)25(23-21-18)17-8-4-14(2)5-9-17/h4-5,8-9,15-16,22H,3,6-7,10-13H2,1-2H3. The zero-order valence-electron chi connectivity index (χ0n) is 16.8. The minimum Gasteiger partial charge on any atom is -0.337 e. The molecule has 29 heavy (non-hydrogen) atoms. The van der Waals surface area contributed by atoms with Crippen LogP contribution in [0.2, 0.25) is 0 Å². The zero-order valence-corrected chi connectivity index (χ0v) is 17.7. The molecule has 8 nitrogen and oxygen atoms in total. The predicted molar refractivity (Wildman–Crippen MR) is 110 cm³/mol. The number of likely N-dealkylation sites (tertiary alicyclic amines) is 1. The van der Waals surface area contributed by atoms with Crippen molar-refractivity contribution in [3.8, 4) is 5.69 Å². The highest BCUT2D eigenvalue weighted by molar-refractivity contribution is 7.89. The second-order valence-corrected chi connectivity index (χ2v) is 9.98. The van der Waals surface area contributed by atoms with E-state index >= 15 is 0 Å². The fourth-order valence-electron chi connectivity index (χ4n) is 3.73. The largest absolute Gasteiger partial charge is 0.337 e. The van der Waals surface area contributed by atoms with Crippen LogP contribution in [0.4, 0.5) is 0 Å². The average molecular weight is 418 g/mol. The summed E-state index contributed by atoms with van der Waals surface area (Å²) in [6, 6.07) is 7.93. The second-order valence-electron chi connectivity index (χ2n) is 7.93. The van der Waals surface area contributed by atoms with Crippen LogP contribution in [0.5, 0.6) is 0 Å². The number of sulfonamides is 1. The van der Waals surface area contributed by atoms with E-state index in [0.29, 0.717) is 37.5 Å². The fraction of sp³-hybridized carbons (Fsp3) is 0.550. The molecule has 4 rings (SSSR count). The van der Waals surface area contributed by atoms with Crippen LogP contribution in [-0.2, 0) is 10.0 Å². The molecule has 2 fully saturated rings. The van der Waals surface area contributed by atoms with E-state index in [0.717, 1.165) is 24.2 Å². The lowest BCUT2D eigenvalue weighted by Gasteiger charge is -2.31. The number of nitrogens with one attached hydrogen (secondary N) is 1. The maximum absolute atomic E-state index is 13.2. The number of benzene rings is 1. The molecule has 156 valence electrons. The first-order valence-corrected chi connectivity index (χ1v) is 11.8. The Morgan fingerprint density at radius 3 is 2.38 bits per heavy atom. The molecule has 1 amide bonds. The van der Waals surface area contributed by atoms with Crippen molar-refractivity contribution in [2.24, 2.45) is 0 Å². The SMILES string of the molecule is CCS(=O)(=O)NC1CCN(C(=O)c2nnn(-c3ccc(C)cc3)c2C2CC2)CC1. The van der Waals surface area contributed by atoms with Crippen molar-refractivity contribution >= 4 is 15.9 Å². The number of hydrogen-bond acceptors (Lipinski definition) is 5. The van der Waals surface area contributed by atoms with E-state index in [1.807, 2.05) is 31.2 Å². The molecule has 1 aliphatic heterocycles. The van der Waals surface area contributed by atoms with Crippen LogP contribution in [0.15, 0.2) is 24.3 Å². The minimum atomic E-state index is -3.23. The molecular weight excluding hydrogens is 390 g/mol. The highest BCUT2D eigenvalue weighted by Gasteiger charge is 2.36. The maximum atomic E-state index is 13.2. The number of hydrogen-bond donors (Lipinski definition) is 1. The van der Waals surface area contributed by atoms with Crippen LogP contribution in [0.3, 0.4) is 0 Å². The van der Waals surface area contributed by atoms with E-state index in [4.69, 9.17) is 0 Å². The zero-order chi connectivity index (χ0) is 20.6. The quantitative estimate of drug-likeness (QED) is 0.775. The van der Waals surface area contributed by atoms with E-state index in [2.05, 4.69) is 15.0 Å². The highest BCUT2D eigenvalue weighted by atomic mass is 32.2. The summed E-state index contributed by atoms with van der Waals surface area (Å²) in [6.45, 7) is 4.68. The third kappa shape index (κ3) is 4.35. The molecule has 1 aliphatic carbocycles. The highest BCUT2D eigenvalue weighted by Crippen LogP contribution is 2.42. The van der Waals surface area contributed by atoms with Crippen molar-refractivity contribution in [1.29, 1.82) is 0 Å². The van der Waals surface area contributed by atoms with Gasteiger partial charge >= 0.3 is 0 Å². The van der Waals surface area contributed by atoms with Gasteiger partial charge in [-0.05, 0) is 51.7 Å². The Morgan fingerprint density at radius 2 is 1.79 bits per heavy atom. The number of nitrogens with zero attached hydrogens (tertiary/aromatic N) is 4. The molecule has 9 heteroatoms. The lowest BCUT2D eigenvalue weighted by Crippen LogP contribution is -2.47. The predicted octanol–water partition coefficient (Wildman–Crippen LogP) is 2.00. The third-order valence-corrected chi connectivity index (χ3v) is 7.11. The number of aromatic nitrogens is 3.